The van der Waals surface area contributed by atoms with Gasteiger partial charge in [0.2, 0.25) is 0 Å². The molecule has 1 aliphatic rings. The van der Waals surface area contributed by atoms with E-state index >= 15 is 0 Å². The quantitative estimate of drug-likeness (QED) is 0.193. The number of nitrogens with zero attached hydrogens (tertiary/aromatic N) is 6. The molecule has 2 N–H and O–H groups in total. The van der Waals surface area contributed by atoms with E-state index in [0.29, 0.717) is 22.0 Å². The number of hydrogen-bond acceptors (Lipinski definition) is 12. The molecule has 2 amide bonds. The van der Waals surface area contributed by atoms with Gasteiger partial charge < -0.3 is 19.9 Å². The number of alkyl halides is 6. The Kier molecular flexibility index (Phi) is 13.4. The van der Waals surface area contributed by atoms with Crippen LogP contribution in [0.25, 0.3) is 10.6 Å². The number of hydrogen-bond donors (Lipinski definition) is 2. The Bertz CT molecular complexity index is 1730. The number of carbonyl (C=O) groups excluding carboxylic acids is 2. The zero-order valence-electron chi connectivity index (χ0n) is 27.2. The predicted molar refractivity (Wildman–Crippen MR) is 174 cm³/mol. The summed E-state index contributed by atoms with van der Waals surface area (Å²) >= 11 is 7.35. The van der Waals surface area contributed by atoms with Crippen LogP contribution in [0.5, 0.6) is 0 Å². The minimum Gasteiger partial charge on any atom is -0.399 e. The molecule has 0 saturated carbocycles. The molecule has 1 fully saturated rings. The molecule has 0 aromatic carbocycles. The van der Waals surface area contributed by atoms with Crippen LogP contribution in [0.15, 0.2) is 37.4 Å². The highest BCUT2D eigenvalue weighted by molar-refractivity contribution is 7.17. The van der Waals surface area contributed by atoms with Gasteiger partial charge in [0.1, 0.15) is 40.5 Å². The Balaban J connectivity index is 0.000000206. The third kappa shape index (κ3) is 11.9. The van der Waals surface area contributed by atoms with Crippen molar-refractivity contribution in [3.63, 3.8) is 0 Å². The zero-order chi connectivity index (χ0) is 37.5. The molecule has 1 aliphatic heterocycles. The molecule has 1 saturated heterocycles. The first-order valence-corrected chi connectivity index (χ1v) is 16.3. The number of thiazole rings is 2. The van der Waals surface area contributed by atoms with Gasteiger partial charge in [0.25, 0.3) is 11.8 Å². The Labute approximate surface area is 295 Å². The summed E-state index contributed by atoms with van der Waals surface area (Å²) in [5.74, 6) is -1.60. The Hall–Kier alpha value is -3.79. The van der Waals surface area contributed by atoms with Crippen molar-refractivity contribution in [2.45, 2.75) is 65.1 Å². The summed E-state index contributed by atoms with van der Waals surface area (Å²) in [6.45, 7) is 8.44. The lowest BCUT2D eigenvalue weighted by atomic mass is 9.81. The van der Waals surface area contributed by atoms with Crippen LogP contribution in [-0.4, -0.2) is 85.5 Å². The second kappa shape index (κ2) is 16.5. The van der Waals surface area contributed by atoms with Crippen molar-refractivity contribution in [1.29, 1.82) is 0 Å². The molecule has 0 radical (unpaired) electrons. The number of rotatable bonds is 6. The number of carbonyl (C=O) groups is 2. The second-order valence-electron chi connectivity index (χ2n) is 11.3. The van der Waals surface area contributed by atoms with Crippen LogP contribution in [0.4, 0.5) is 26.3 Å². The van der Waals surface area contributed by atoms with Crippen molar-refractivity contribution >= 4 is 58.7 Å². The molecule has 4 aromatic rings. The average Bonchev–Trinajstić information content (AvgIpc) is 3.66. The molecule has 50 heavy (non-hydrogen) atoms. The molecule has 22 heteroatoms. The molecular formula is C28H30BClF6N8O4S2. The minimum atomic E-state index is -4.44. The first-order chi connectivity index (χ1) is 23.1. The Morgan fingerprint density at radius 1 is 0.760 bits per heavy atom. The van der Waals surface area contributed by atoms with Crippen molar-refractivity contribution in [2.75, 3.05) is 13.1 Å². The molecule has 0 aliphatic carbocycles. The van der Waals surface area contributed by atoms with Gasteiger partial charge in [-0.2, -0.15) is 26.3 Å². The first kappa shape index (κ1) is 40.6. The number of nitrogens with one attached hydrogen (secondary N) is 2. The fourth-order valence-corrected chi connectivity index (χ4v) is 5.67. The molecule has 0 atom stereocenters. The first-order valence-electron chi connectivity index (χ1n) is 14.2. The smallest absolute Gasteiger partial charge is 0.399 e. The van der Waals surface area contributed by atoms with E-state index in [1.54, 1.807) is 24.6 Å². The topological polar surface area (TPSA) is 154 Å². The van der Waals surface area contributed by atoms with E-state index in [2.05, 4.69) is 29.9 Å². The van der Waals surface area contributed by atoms with Crippen molar-refractivity contribution in [3.8, 4) is 10.6 Å². The summed E-state index contributed by atoms with van der Waals surface area (Å²) < 4.78 is 83.4. The van der Waals surface area contributed by atoms with E-state index in [4.69, 9.17) is 20.9 Å². The van der Waals surface area contributed by atoms with Crippen LogP contribution in [0.1, 0.15) is 58.4 Å². The van der Waals surface area contributed by atoms with Crippen LogP contribution < -0.4 is 16.1 Å². The van der Waals surface area contributed by atoms with Crippen LogP contribution in [-0.2, 0) is 9.31 Å². The van der Waals surface area contributed by atoms with E-state index in [1.165, 1.54) is 32.0 Å². The van der Waals surface area contributed by atoms with Crippen LogP contribution in [0, 0.1) is 13.8 Å². The average molecular weight is 767 g/mol. The van der Waals surface area contributed by atoms with Crippen molar-refractivity contribution in [2.24, 2.45) is 0 Å². The summed E-state index contributed by atoms with van der Waals surface area (Å²) in [4.78, 5) is 46.6. The molecule has 270 valence electrons. The maximum atomic E-state index is 12.1. The highest BCUT2D eigenvalue weighted by atomic mass is 35.5. The van der Waals surface area contributed by atoms with Gasteiger partial charge in [-0.3, -0.25) is 9.59 Å². The highest BCUT2D eigenvalue weighted by Crippen LogP contribution is 2.36. The summed E-state index contributed by atoms with van der Waals surface area (Å²) in [6.07, 6.45) is 0.452. The van der Waals surface area contributed by atoms with Gasteiger partial charge in [-0.1, -0.05) is 22.9 Å². The largest absolute Gasteiger partial charge is 0.498 e. The molecular weight excluding hydrogens is 737 g/mol. The maximum absolute atomic E-state index is 12.1. The summed E-state index contributed by atoms with van der Waals surface area (Å²) in [7, 11) is -0.365. The molecule has 4 aromatic heterocycles. The van der Waals surface area contributed by atoms with Gasteiger partial charge in [-0.15, -0.1) is 11.3 Å². The lowest BCUT2D eigenvalue weighted by Crippen LogP contribution is -2.41. The Morgan fingerprint density at radius 3 is 1.60 bits per heavy atom. The van der Waals surface area contributed by atoms with Crippen LogP contribution in [0.3, 0.4) is 0 Å². The molecule has 12 nitrogen and oxygen atoms in total. The summed E-state index contributed by atoms with van der Waals surface area (Å²) in [5, 5.41) is 4.05. The van der Waals surface area contributed by atoms with Gasteiger partial charge in [-0.25, -0.2) is 29.9 Å². The number of amides is 2. The summed E-state index contributed by atoms with van der Waals surface area (Å²) in [5.41, 5.74) is 1.53. The van der Waals surface area contributed by atoms with Gasteiger partial charge in [0.15, 0.2) is 4.47 Å². The van der Waals surface area contributed by atoms with Gasteiger partial charge >= 0.3 is 19.5 Å². The standard InChI is InChI=1S/C11H9F3N4OS.C10H15BN2O2.C7H6ClF3N2OS/c1-6-8(9(19)17-4-11(12,13)14)20-10(18-6)7-2-15-5-16-3-7;1-9(2)10(3,4)15-11(14-9)8-5-12-7-13-6-8;1-3-4(15-6(8)13-3)5(14)12-2-7(9,10)11/h2-3,5H,4H2,1H3,(H,17,19);5-7H,1-4H3;2H2,1H3,(H,12,14). The van der Waals surface area contributed by atoms with E-state index in [1.807, 2.05) is 33.0 Å². The molecule has 0 spiro atoms. The van der Waals surface area contributed by atoms with E-state index in [0.717, 1.165) is 28.1 Å². The number of aromatic nitrogens is 6. The number of halogens is 7. The van der Waals surface area contributed by atoms with Crippen LogP contribution in [0.2, 0.25) is 4.47 Å². The third-order valence-corrected chi connectivity index (χ3v) is 9.26. The lowest BCUT2D eigenvalue weighted by Gasteiger charge is -2.32. The molecule has 5 rings (SSSR count). The fourth-order valence-electron chi connectivity index (χ4n) is 3.65. The van der Waals surface area contributed by atoms with Crippen molar-refractivity contribution in [3.05, 3.63) is 63.1 Å². The summed E-state index contributed by atoms with van der Waals surface area (Å²) in [6, 6.07) is 0. The zero-order valence-corrected chi connectivity index (χ0v) is 29.6. The van der Waals surface area contributed by atoms with Crippen molar-refractivity contribution < 1.29 is 45.2 Å². The predicted octanol–water partition coefficient (Wildman–Crippen LogP) is 5.37. The SMILES string of the molecule is CC1(C)OB(c2cncnc2)OC1(C)C.Cc1nc(-c2cncnc2)sc1C(=O)NCC(F)(F)F.Cc1nc(Cl)sc1C(=O)NCC(F)(F)F. The molecule has 0 unspecified atom stereocenters. The van der Waals surface area contributed by atoms with Crippen LogP contribution >= 0.6 is 34.3 Å². The fraction of sp³-hybridized carbons (Fsp3) is 0.429. The van der Waals surface area contributed by atoms with Gasteiger partial charge in [-0.05, 0) is 41.5 Å². The maximum Gasteiger partial charge on any atom is 0.498 e. The molecule has 5 heterocycles. The normalized spacial score (nSPS) is 14.9. The monoisotopic (exact) mass is 766 g/mol. The minimum absolute atomic E-state index is 0.101. The van der Waals surface area contributed by atoms with Crippen molar-refractivity contribution in [1.82, 2.24) is 40.5 Å². The van der Waals surface area contributed by atoms with E-state index in [9.17, 15) is 35.9 Å². The molecule has 0 bridgehead atoms. The van der Waals surface area contributed by atoms with Gasteiger partial charge in [0.05, 0.1) is 22.6 Å². The van der Waals surface area contributed by atoms with E-state index in [-0.39, 0.29) is 32.5 Å². The lowest BCUT2D eigenvalue weighted by molar-refractivity contribution is -0.123. The Morgan fingerprint density at radius 2 is 1.18 bits per heavy atom. The number of aryl methyl sites for hydroxylation is 2. The third-order valence-electron chi connectivity index (χ3n) is 6.79. The van der Waals surface area contributed by atoms with E-state index < -0.39 is 37.3 Å². The van der Waals surface area contributed by atoms with Gasteiger partial charge in [0, 0.05) is 35.8 Å². The highest BCUT2D eigenvalue weighted by Gasteiger charge is 2.51. The second-order valence-corrected chi connectivity index (χ2v) is 13.9.